The number of hydrogen-bond donors (Lipinski definition) is 0. The van der Waals surface area contributed by atoms with E-state index in [1.165, 1.54) is 0 Å². The lowest BCUT2D eigenvalue weighted by Gasteiger charge is -2.10. The number of nitrogens with zero attached hydrogens (tertiary/aromatic N) is 2. The standard InChI is InChI=1S/C16H11F3N2O4/c17-16(18,19)10-5-6-14(22)21(7-10)8-15(23)24-9-13-20-11-3-1-2-4-12(11)25-13/h1-7H,8-9H2. The molecule has 130 valence electrons. The van der Waals surface area contributed by atoms with Crippen LogP contribution >= 0.6 is 0 Å². The Hall–Kier alpha value is -3.10. The number of para-hydroxylation sites is 2. The molecule has 6 nitrogen and oxygen atoms in total. The van der Waals surface area contributed by atoms with E-state index in [-0.39, 0.29) is 12.5 Å². The molecule has 1 aromatic carbocycles. The lowest BCUT2D eigenvalue weighted by Crippen LogP contribution is -2.26. The molecule has 0 spiro atoms. The van der Waals surface area contributed by atoms with Gasteiger partial charge >= 0.3 is 12.1 Å². The van der Waals surface area contributed by atoms with Crippen molar-refractivity contribution in [2.24, 2.45) is 0 Å². The number of oxazole rings is 1. The minimum atomic E-state index is -4.61. The van der Waals surface area contributed by atoms with Gasteiger partial charge in [0, 0.05) is 12.3 Å². The van der Waals surface area contributed by atoms with Crippen molar-refractivity contribution in [2.45, 2.75) is 19.3 Å². The Morgan fingerprint density at radius 1 is 1.20 bits per heavy atom. The van der Waals surface area contributed by atoms with E-state index in [9.17, 15) is 22.8 Å². The molecule has 2 aromatic heterocycles. The minimum Gasteiger partial charge on any atom is -0.454 e. The molecule has 0 aliphatic carbocycles. The van der Waals surface area contributed by atoms with Crippen LogP contribution in [-0.4, -0.2) is 15.5 Å². The Morgan fingerprint density at radius 3 is 2.68 bits per heavy atom. The van der Waals surface area contributed by atoms with Gasteiger partial charge in [0.15, 0.2) is 12.2 Å². The molecule has 0 saturated carbocycles. The second-order valence-electron chi connectivity index (χ2n) is 5.12. The maximum absolute atomic E-state index is 12.7. The van der Waals surface area contributed by atoms with Crippen LogP contribution in [0.25, 0.3) is 11.1 Å². The van der Waals surface area contributed by atoms with E-state index in [2.05, 4.69) is 4.98 Å². The van der Waals surface area contributed by atoms with Crippen molar-refractivity contribution >= 4 is 17.1 Å². The highest BCUT2D eigenvalue weighted by molar-refractivity contribution is 5.72. The molecule has 0 radical (unpaired) electrons. The van der Waals surface area contributed by atoms with Crippen LogP contribution in [0.3, 0.4) is 0 Å². The van der Waals surface area contributed by atoms with Crippen molar-refractivity contribution in [1.82, 2.24) is 9.55 Å². The van der Waals surface area contributed by atoms with Crippen LogP contribution in [0.15, 0.2) is 51.8 Å². The Bertz CT molecular complexity index is 942. The van der Waals surface area contributed by atoms with E-state index < -0.39 is 29.8 Å². The number of aromatic nitrogens is 2. The summed E-state index contributed by atoms with van der Waals surface area (Å²) < 4.78 is 48.9. The molecule has 3 rings (SSSR count). The predicted molar refractivity (Wildman–Crippen MR) is 79.5 cm³/mol. The summed E-state index contributed by atoms with van der Waals surface area (Å²) in [7, 11) is 0. The van der Waals surface area contributed by atoms with Crippen LogP contribution in [0.5, 0.6) is 0 Å². The number of pyridine rings is 1. The van der Waals surface area contributed by atoms with Crippen LogP contribution in [0, 0.1) is 0 Å². The molecule has 0 fully saturated rings. The number of benzene rings is 1. The largest absolute Gasteiger partial charge is 0.454 e. The zero-order valence-electron chi connectivity index (χ0n) is 12.6. The Morgan fingerprint density at radius 2 is 1.96 bits per heavy atom. The molecular weight excluding hydrogens is 341 g/mol. The number of halogens is 3. The minimum absolute atomic E-state index is 0.144. The molecule has 0 aliphatic heterocycles. The van der Waals surface area contributed by atoms with E-state index in [1.54, 1.807) is 24.3 Å². The third kappa shape index (κ3) is 3.87. The molecule has 0 atom stereocenters. The molecule has 25 heavy (non-hydrogen) atoms. The molecule has 0 bridgehead atoms. The zero-order chi connectivity index (χ0) is 18.0. The van der Waals surface area contributed by atoms with Crippen molar-refractivity contribution < 1.29 is 27.1 Å². The number of rotatable bonds is 4. The van der Waals surface area contributed by atoms with Gasteiger partial charge < -0.3 is 13.7 Å². The first kappa shape index (κ1) is 16.7. The first-order chi connectivity index (χ1) is 11.8. The summed E-state index contributed by atoms with van der Waals surface area (Å²) in [5, 5.41) is 0. The van der Waals surface area contributed by atoms with Crippen molar-refractivity contribution in [3.8, 4) is 0 Å². The number of hydrogen-bond acceptors (Lipinski definition) is 5. The van der Waals surface area contributed by atoms with Crippen LogP contribution in [0.1, 0.15) is 11.5 Å². The second-order valence-corrected chi connectivity index (χ2v) is 5.12. The third-order valence-corrected chi connectivity index (χ3v) is 3.31. The van der Waals surface area contributed by atoms with Gasteiger partial charge in [-0.3, -0.25) is 9.59 Å². The molecule has 0 N–H and O–H groups in total. The maximum atomic E-state index is 12.7. The van der Waals surface area contributed by atoms with Crippen LogP contribution in [-0.2, 0) is 28.9 Å². The van der Waals surface area contributed by atoms with Crippen molar-refractivity contribution in [3.05, 3.63) is 64.4 Å². The van der Waals surface area contributed by atoms with Gasteiger partial charge in [0.25, 0.3) is 5.56 Å². The third-order valence-electron chi connectivity index (χ3n) is 3.31. The number of alkyl halides is 3. The predicted octanol–water partition coefficient (Wildman–Crippen LogP) is 2.75. The fourth-order valence-corrected chi connectivity index (χ4v) is 2.13. The Balaban J connectivity index is 1.67. The van der Waals surface area contributed by atoms with Crippen LogP contribution < -0.4 is 5.56 Å². The number of fused-ring (bicyclic) bond motifs is 1. The molecule has 0 unspecified atom stereocenters. The van der Waals surface area contributed by atoms with Gasteiger partial charge in [0.1, 0.15) is 12.1 Å². The highest BCUT2D eigenvalue weighted by Gasteiger charge is 2.31. The average Bonchev–Trinajstić information content (AvgIpc) is 2.97. The molecular formula is C16H11F3N2O4. The second kappa shape index (κ2) is 6.42. The molecule has 0 aliphatic rings. The summed E-state index contributed by atoms with van der Waals surface area (Å²) in [6, 6.07) is 8.33. The number of carbonyl (C=O) groups excluding carboxylic acids is 1. The van der Waals surface area contributed by atoms with Gasteiger partial charge in [-0.15, -0.1) is 0 Å². The smallest absolute Gasteiger partial charge is 0.417 e. The maximum Gasteiger partial charge on any atom is 0.417 e. The van der Waals surface area contributed by atoms with E-state index in [4.69, 9.17) is 9.15 Å². The van der Waals surface area contributed by atoms with Gasteiger partial charge in [-0.2, -0.15) is 13.2 Å². The first-order valence-electron chi connectivity index (χ1n) is 7.11. The normalized spacial score (nSPS) is 11.6. The molecule has 3 aromatic rings. The SMILES string of the molecule is O=C(Cn1cc(C(F)(F)F)ccc1=O)OCc1nc2ccccc2o1. The van der Waals surface area contributed by atoms with Gasteiger partial charge in [-0.25, -0.2) is 4.98 Å². The van der Waals surface area contributed by atoms with Crippen LogP contribution in [0.2, 0.25) is 0 Å². The van der Waals surface area contributed by atoms with E-state index in [0.717, 1.165) is 6.07 Å². The van der Waals surface area contributed by atoms with Gasteiger partial charge in [-0.05, 0) is 18.2 Å². The fourth-order valence-electron chi connectivity index (χ4n) is 2.13. The number of ether oxygens (including phenoxy) is 1. The summed E-state index contributed by atoms with van der Waals surface area (Å²) in [6.07, 6.45) is -4.04. The Labute approximate surface area is 138 Å². The lowest BCUT2D eigenvalue weighted by atomic mass is 10.3. The summed E-state index contributed by atoms with van der Waals surface area (Å²) >= 11 is 0. The number of esters is 1. The molecule has 2 heterocycles. The quantitative estimate of drug-likeness (QED) is 0.675. The highest BCUT2D eigenvalue weighted by atomic mass is 19.4. The fraction of sp³-hybridized carbons (Fsp3) is 0.188. The van der Waals surface area contributed by atoms with Crippen molar-refractivity contribution in [1.29, 1.82) is 0 Å². The Kier molecular flexibility index (Phi) is 4.30. The summed E-state index contributed by atoms with van der Waals surface area (Å²) in [6.45, 7) is -0.940. The highest BCUT2D eigenvalue weighted by Crippen LogP contribution is 2.28. The van der Waals surface area contributed by atoms with E-state index in [1.807, 2.05) is 0 Å². The van der Waals surface area contributed by atoms with Gasteiger partial charge in [0.05, 0.1) is 5.56 Å². The topological polar surface area (TPSA) is 74.3 Å². The van der Waals surface area contributed by atoms with E-state index in [0.29, 0.717) is 27.9 Å². The van der Waals surface area contributed by atoms with Crippen LogP contribution in [0.4, 0.5) is 13.2 Å². The van der Waals surface area contributed by atoms with Crippen molar-refractivity contribution in [3.63, 3.8) is 0 Å². The molecule has 0 amide bonds. The lowest BCUT2D eigenvalue weighted by molar-refractivity contribution is -0.147. The molecule has 0 saturated heterocycles. The zero-order valence-corrected chi connectivity index (χ0v) is 12.6. The van der Waals surface area contributed by atoms with Gasteiger partial charge in [0.2, 0.25) is 5.89 Å². The first-order valence-corrected chi connectivity index (χ1v) is 7.11. The van der Waals surface area contributed by atoms with Crippen molar-refractivity contribution in [2.75, 3.05) is 0 Å². The van der Waals surface area contributed by atoms with Gasteiger partial charge in [-0.1, -0.05) is 12.1 Å². The average molecular weight is 352 g/mol. The summed E-state index contributed by atoms with van der Waals surface area (Å²) in [5.74, 6) is -0.741. The summed E-state index contributed by atoms with van der Waals surface area (Å²) in [4.78, 5) is 27.5. The summed E-state index contributed by atoms with van der Waals surface area (Å²) in [5.41, 5.74) is -0.670. The van der Waals surface area contributed by atoms with E-state index >= 15 is 0 Å². The number of carbonyl (C=O) groups is 1. The molecule has 9 heteroatoms. The monoisotopic (exact) mass is 352 g/mol.